The Balaban J connectivity index is 1.37. The first kappa shape index (κ1) is 25.6. The number of amides is 2. The first-order valence-corrected chi connectivity index (χ1v) is 14.4. The lowest BCUT2D eigenvalue weighted by atomic mass is 10.1. The molecule has 1 atom stereocenters. The van der Waals surface area contributed by atoms with Crippen LogP contribution >= 0.6 is 0 Å². The molecule has 4 aromatic carbocycles. The second kappa shape index (κ2) is 10.2. The van der Waals surface area contributed by atoms with E-state index >= 15 is 0 Å². The molecule has 0 saturated carbocycles. The SMILES string of the molecule is C[C@H](NC(=O)c1ccc2c(c1)N(Cc1ccccc1)C(=O)c1ccccc1S2(=O)=O)c1ccc2c(c1)OCCO2. The van der Waals surface area contributed by atoms with Crippen LogP contribution in [0.3, 0.4) is 0 Å². The number of hydrogen-bond donors (Lipinski definition) is 1. The van der Waals surface area contributed by atoms with Gasteiger partial charge < -0.3 is 19.7 Å². The number of fused-ring (bicyclic) bond motifs is 3. The molecule has 0 aromatic heterocycles. The highest BCUT2D eigenvalue weighted by Gasteiger charge is 2.36. The van der Waals surface area contributed by atoms with E-state index in [0.29, 0.717) is 24.7 Å². The van der Waals surface area contributed by atoms with Gasteiger partial charge in [-0.2, -0.15) is 0 Å². The molecule has 0 fully saturated rings. The lowest BCUT2D eigenvalue weighted by Gasteiger charge is -2.24. The predicted molar refractivity (Wildman–Crippen MR) is 149 cm³/mol. The molecule has 8 nitrogen and oxygen atoms in total. The maximum Gasteiger partial charge on any atom is 0.259 e. The van der Waals surface area contributed by atoms with Crippen molar-refractivity contribution in [3.05, 3.63) is 113 Å². The first-order chi connectivity index (χ1) is 19.3. The van der Waals surface area contributed by atoms with Crippen molar-refractivity contribution in [1.82, 2.24) is 5.32 Å². The minimum atomic E-state index is -4.03. The molecule has 202 valence electrons. The molecule has 40 heavy (non-hydrogen) atoms. The molecular weight excluding hydrogens is 528 g/mol. The second-order valence-electron chi connectivity index (χ2n) is 9.66. The molecule has 2 aliphatic heterocycles. The average molecular weight is 555 g/mol. The fourth-order valence-corrected chi connectivity index (χ4v) is 6.59. The molecule has 0 radical (unpaired) electrons. The Morgan fingerprint density at radius 1 is 0.875 bits per heavy atom. The van der Waals surface area contributed by atoms with Crippen LogP contribution in [0.15, 0.2) is 101 Å². The van der Waals surface area contributed by atoms with Crippen LogP contribution in [0.25, 0.3) is 0 Å². The number of nitrogens with zero attached hydrogens (tertiary/aromatic N) is 1. The maximum atomic E-state index is 13.8. The van der Waals surface area contributed by atoms with Gasteiger partial charge in [-0.25, -0.2) is 8.42 Å². The highest BCUT2D eigenvalue weighted by molar-refractivity contribution is 7.91. The Hall–Kier alpha value is -4.63. The van der Waals surface area contributed by atoms with Crippen LogP contribution in [0, 0.1) is 0 Å². The summed E-state index contributed by atoms with van der Waals surface area (Å²) < 4.78 is 38.7. The minimum Gasteiger partial charge on any atom is -0.486 e. The average Bonchev–Trinajstić information content (AvgIpc) is 3.05. The summed E-state index contributed by atoms with van der Waals surface area (Å²) >= 11 is 0. The molecule has 2 amide bonds. The monoisotopic (exact) mass is 554 g/mol. The summed E-state index contributed by atoms with van der Waals surface area (Å²) in [6.07, 6.45) is 0. The zero-order chi connectivity index (χ0) is 27.9. The standard InChI is InChI=1S/C31H26N2O6S/c1-20(22-11-13-26-27(18-22)39-16-15-38-26)32-30(34)23-12-14-29-25(17-23)33(19-21-7-3-2-4-8-21)31(35)24-9-5-6-10-28(24)40(29,36)37/h2-14,17-18,20H,15-16,19H2,1H3,(H,32,34)/t20-/m0/s1. The molecular formula is C31H26N2O6S. The van der Waals surface area contributed by atoms with Crippen LogP contribution in [0.4, 0.5) is 5.69 Å². The summed E-state index contributed by atoms with van der Waals surface area (Å²) in [5, 5.41) is 2.97. The van der Waals surface area contributed by atoms with Crippen LogP contribution in [0.1, 0.15) is 44.8 Å². The van der Waals surface area contributed by atoms with Crippen LogP contribution < -0.4 is 19.7 Å². The molecule has 2 aliphatic rings. The highest BCUT2D eigenvalue weighted by Crippen LogP contribution is 2.38. The molecule has 0 saturated heterocycles. The van der Waals surface area contributed by atoms with Crippen LogP contribution in [-0.2, 0) is 16.4 Å². The number of carbonyl (C=O) groups excluding carboxylic acids is 2. The third-order valence-corrected chi connectivity index (χ3v) is 8.91. The van der Waals surface area contributed by atoms with E-state index in [2.05, 4.69) is 5.32 Å². The van der Waals surface area contributed by atoms with Gasteiger partial charge >= 0.3 is 0 Å². The van der Waals surface area contributed by atoms with Crippen LogP contribution in [0.2, 0.25) is 0 Å². The van der Waals surface area contributed by atoms with Crippen LogP contribution in [-0.4, -0.2) is 33.4 Å². The van der Waals surface area contributed by atoms with Crippen molar-refractivity contribution in [1.29, 1.82) is 0 Å². The number of nitrogens with one attached hydrogen (secondary N) is 1. The van der Waals surface area contributed by atoms with Gasteiger partial charge in [0.2, 0.25) is 9.84 Å². The molecule has 0 unspecified atom stereocenters. The minimum absolute atomic E-state index is 0.0295. The number of hydrogen-bond acceptors (Lipinski definition) is 6. The van der Waals surface area contributed by atoms with Gasteiger partial charge in [0.1, 0.15) is 13.2 Å². The smallest absolute Gasteiger partial charge is 0.259 e. The number of rotatable bonds is 5. The molecule has 0 aliphatic carbocycles. The van der Waals surface area contributed by atoms with E-state index in [1.165, 1.54) is 35.2 Å². The fraction of sp³-hybridized carbons (Fsp3) is 0.161. The topological polar surface area (TPSA) is 102 Å². The summed E-state index contributed by atoms with van der Waals surface area (Å²) in [5.74, 6) is 0.416. The Morgan fingerprint density at radius 3 is 2.40 bits per heavy atom. The maximum absolute atomic E-state index is 13.8. The highest BCUT2D eigenvalue weighted by atomic mass is 32.2. The van der Waals surface area contributed by atoms with Gasteiger partial charge in [0, 0.05) is 5.56 Å². The molecule has 0 bridgehead atoms. The van der Waals surface area contributed by atoms with E-state index in [1.54, 1.807) is 12.1 Å². The van der Waals surface area contributed by atoms with E-state index in [1.807, 2.05) is 55.5 Å². The van der Waals surface area contributed by atoms with Gasteiger partial charge in [0.15, 0.2) is 11.5 Å². The van der Waals surface area contributed by atoms with Gasteiger partial charge in [0.25, 0.3) is 11.8 Å². The number of ether oxygens (including phenoxy) is 2. The summed E-state index contributed by atoms with van der Waals surface area (Å²) in [5.41, 5.74) is 2.12. The first-order valence-electron chi connectivity index (χ1n) is 12.9. The van der Waals surface area contributed by atoms with Crippen molar-refractivity contribution >= 4 is 27.3 Å². The fourth-order valence-electron chi connectivity index (χ4n) is 4.96. The molecule has 6 rings (SSSR count). The number of anilines is 1. The van der Waals surface area contributed by atoms with E-state index in [9.17, 15) is 18.0 Å². The molecule has 1 N–H and O–H groups in total. The normalized spacial score (nSPS) is 15.8. The van der Waals surface area contributed by atoms with Gasteiger partial charge in [0.05, 0.1) is 33.6 Å². The Morgan fingerprint density at radius 2 is 1.60 bits per heavy atom. The third kappa shape index (κ3) is 4.58. The van der Waals surface area contributed by atoms with E-state index in [0.717, 1.165) is 11.1 Å². The number of benzene rings is 4. The second-order valence-corrected chi connectivity index (χ2v) is 11.5. The Bertz CT molecular complexity index is 1740. The number of carbonyl (C=O) groups is 2. The van der Waals surface area contributed by atoms with Gasteiger partial charge in [-0.1, -0.05) is 48.5 Å². The van der Waals surface area contributed by atoms with Crippen LogP contribution in [0.5, 0.6) is 11.5 Å². The lowest BCUT2D eigenvalue weighted by molar-refractivity contribution is 0.0937. The quantitative estimate of drug-likeness (QED) is 0.375. The summed E-state index contributed by atoms with van der Waals surface area (Å²) in [4.78, 5) is 28.5. The van der Waals surface area contributed by atoms with Crippen molar-refractivity contribution in [2.45, 2.75) is 29.3 Å². The molecule has 2 heterocycles. The lowest BCUT2D eigenvalue weighted by Crippen LogP contribution is -2.31. The zero-order valence-electron chi connectivity index (χ0n) is 21.7. The summed E-state index contributed by atoms with van der Waals surface area (Å²) in [6.45, 7) is 2.92. The van der Waals surface area contributed by atoms with E-state index in [4.69, 9.17) is 9.47 Å². The molecule has 0 spiro atoms. The van der Waals surface area contributed by atoms with E-state index < -0.39 is 21.7 Å². The zero-order valence-corrected chi connectivity index (χ0v) is 22.5. The van der Waals surface area contributed by atoms with Gasteiger partial charge in [-0.3, -0.25) is 9.59 Å². The third-order valence-electron chi connectivity index (χ3n) is 7.05. The largest absolute Gasteiger partial charge is 0.486 e. The predicted octanol–water partition coefficient (Wildman–Crippen LogP) is 4.94. The Kier molecular flexibility index (Phi) is 6.51. The molecule has 4 aromatic rings. The summed E-state index contributed by atoms with van der Waals surface area (Å²) in [7, 11) is -4.03. The van der Waals surface area contributed by atoms with Crippen molar-refractivity contribution in [3.63, 3.8) is 0 Å². The van der Waals surface area contributed by atoms with Gasteiger partial charge in [-0.15, -0.1) is 0 Å². The van der Waals surface area contributed by atoms with Gasteiger partial charge in [-0.05, 0) is 60.5 Å². The molecule has 9 heteroatoms. The summed E-state index contributed by atoms with van der Waals surface area (Å²) in [6, 6.07) is 25.0. The Labute approximate surface area is 232 Å². The van der Waals surface area contributed by atoms with Crippen molar-refractivity contribution in [2.24, 2.45) is 0 Å². The van der Waals surface area contributed by atoms with Crippen molar-refractivity contribution in [3.8, 4) is 11.5 Å². The van der Waals surface area contributed by atoms with Crippen molar-refractivity contribution < 1.29 is 27.5 Å². The number of sulfone groups is 1. The van der Waals surface area contributed by atoms with Crippen molar-refractivity contribution in [2.75, 3.05) is 18.1 Å². The van der Waals surface area contributed by atoms with E-state index in [-0.39, 0.29) is 39.2 Å².